The zero-order chi connectivity index (χ0) is 8.55. The van der Waals surface area contributed by atoms with Crippen LogP contribution in [0.1, 0.15) is 24.2 Å². The molecule has 66 valence electrons. The first-order chi connectivity index (χ1) is 5.75. The van der Waals surface area contributed by atoms with E-state index in [2.05, 4.69) is 15.5 Å². The van der Waals surface area contributed by atoms with Crippen LogP contribution < -0.4 is 5.32 Å². The van der Waals surface area contributed by atoms with Crippen molar-refractivity contribution in [3.05, 3.63) is 11.8 Å². The molecule has 1 N–H and O–H groups in total. The van der Waals surface area contributed by atoms with Crippen molar-refractivity contribution in [1.29, 1.82) is 0 Å². The Morgan fingerprint density at radius 2 is 2.42 bits per heavy atom. The molecule has 1 fully saturated rings. The molecule has 0 radical (unpaired) electrons. The molecule has 2 atom stereocenters. The molecule has 1 saturated heterocycles. The van der Waals surface area contributed by atoms with Crippen LogP contribution in [-0.4, -0.2) is 22.9 Å². The number of halogens is 1. The summed E-state index contributed by atoms with van der Waals surface area (Å²) in [6.07, 6.45) is -0.357. The van der Waals surface area contributed by atoms with Gasteiger partial charge in [-0.15, -0.1) is 10.2 Å². The molecule has 1 aliphatic heterocycles. The van der Waals surface area contributed by atoms with E-state index in [-0.39, 0.29) is 6.04 Å². The van der Waals surface area contributed by atoms with Crippen LogP contribution in [0.25, 0.3) is 0 Å². The summed E-state index contributed by atoms with van der Waals surface area (Å²) in [4.78, 5) is 0. The highest BCUT2D eigenvalue weighted by atomic mass is 19.1. The Morgan fingerprint density at radius 1 is 1.58 bits per heavy atom. The van der Waals surface area contributed by atoms with Crippen molar-refractivity contribution in [2.75, 3.05) is 6.54 Å². The van der Waals surface area contributed by atoms with Crippen LogP contribution in [0, 0.1) is 6.92 Å². The van der Waals surface area contributed by atoms with Crippen LogP contribution in [0.5, 0.6) is 0 Å². The molecular weight excluding hydrogens is 161 g/mol. The fourth-order valence-corrected chi connectivity index (χ4v) is 1.33. The number of alkyl halides is 1. The molecule has 0 saturated carbocycles. The fourth-order valence-electron chi connectivity index (χ4n) is 1.33. The van der Waals surface area contributed by atoms with Crippen LogP contribution in [0.15, 0.2) is 4.42 Å². The summed E-state index contributed by atoms with van der Waals surface area (Å²) in [6.45, 7) is 2.10. The third-order valence-corrected chi connectivity index (χ3v) is 1.92. The molecule has 4 nitrogen and oxygen atoms in total. The Labute approximate surface area is 69.2 Å². The van der Waals surface area contributed by atoms with Gasteiger partial charge in [-0.25, -0.2) is 4.39 Å². The lowest BCUT2D eigenvalue weighted by molar-refractivity contribution is 0.345. The number of aryl methyl sites for hydroxylation is 1. The molecule has 0 bridgehead atoms. The van der Waals surface area contributed by atoms with Gasteiger partial charge in [-0.3, -0.25) is 0 Å². The Bertz CT molecular complexity index is 275. The summed E-state index contributed by atoms with van der Waals surface area (Å²) in [5, 5.41) is 10.5. The monoisotopic (exact) mass is 171 g/mol. The zero-order valence-electron chi connectivity index (χ0n) is 6.75. The first-order valence-electron chi connectivity index (χ1n) is 3.93. The molecule has 1 aromatic rings. The van der Waals surface area contributed by atoms with Gasteiger partial charge in [0.25, 0.3) is 0 Å². The third-order valence-electron chi connectivity index (χ3n) is 1.92. The van der Waals surface area contributed by atoms with Crippen molar-refractivity contribution in [2.45, 2.75) is 25.6 Å². The normalized spacial score (nSPS) is 29.5. The van der Waals surface area contributed by atoms with E-state index in [4.69, 9.17) is 4.42 Å². The van der Waals surface area contributed by atoms with E-state index >= 15 is 0 Å². The predicted octanol–water partition coefficient (Wildman–Crippen LogP) is 0.751. The standard InChI is InChI=1S/C7H10FN3O/c1-4-10-11-7(12-4)6-2-5(8)3-9-6/h5-6,9H,2-3H2,1H3/t5-,6-/m0/s1. The lowest BCUT2D eigenvalue weighted by atomic mass is 10.2. The van der Waals surface area contributed by atoms with Crippen LogP contribution in [0.3, 0.4) is 0 Å². The molecule has 5 heteroatoms. The topological polar surface area (TPSA) is 51.0 Å². The first kappa shape index (κ1) is 7.67. The van der Waals surface area contributed by atoms with Crippen LogP contribution in [0.2, 0.25) is 0 Å². The molecule has 2 heterocycles. The summed E-state index contributed by atoms with van der Waals surface area (Å²) in [7, 11) is 0. The Morgan fingerprint density at radius 3 is 2.92 bits per heavy atom. The average molecular weight is 171 g/mol. The zero-order valence-corrected chi connectivity index (χ0v) is 6.75. The van der Waals surface area contributed by atoms with Crippen molar-refractivity contribution in [1.82, 2.24) is 15.5 Å². The Hall–Kier alpha value is -0.970. The van der Waals surface area contributed by atoms with Gasteiger partial charge in [0.2, 0.25) is 11.8 Å². The molecule has 0 aliphatic carbocycles. The second-order valence-electron chi connectivity index (χ2n) is 2.95. The van der Waals surface area contributed by atoms with Crippen molar-refractivity contribution in [3.63, 3.8) is 0 Å². The van der Waals surface area contributed by atoms with Gasteiger partial charge >= 0.3 is 0 Å². The maximum absolute atomic E-state index is 12.7. The van der Waals surface area contributed by atoms with Crippen molar-refractivity contribution in [3.8, 4) is 0 Å². The van der Waals surface area contributed by atoms with Gasteiger partial charge < -0.3 is 9.73 Å². The molecule has 0 spiro atoms. The van der Waals surface area contributed by atoms with Crippen LogP contribution >= 0.6 is 0 Å². The molecule has 2 rings (SSSR count). The average Bonchev–Trinajstić information content (AvgIpc) is 2.58. The fraction of sp³-hybridized carbons (Fsp3) is 0.714. The van der Waals surface area contributed by atoms with Gasteiger partial charge in [0, 0.05) is 19.9 Å². The number of nitrogens with zero attached hydrogens (tertiary/aromatic N) is 2. The highest BCUT2D eigenvalue weighted by molar-refractivity contribution is 4.94. The van der Waals surface area contributed by atoms with Crippen molar-refractivity contribution in [2.24, 2.45) is 0 Å². The minimum atomic E-state index is -0.790. The van der Waals surface area contributed by atoms with Crippen LogP contribution in [-0.2, 0) is 0 Å². The van der Waals surface area contributed by atoms with E-state index in [1.165, 1.54) is 0 Å². The summed E-state index contributed by atoms with van der Waals surface area (Å²) in [6, 6.07) is -0.0961. The van der Waals surface area contributed by atoms with E-state index in [0.29, 0.717) is 24.7 Å². The maximum Gasteiger partial charge on any atom is 0.233 e. The summed E-state index contributed by atoms with van der Waals surface area (Å²) < 4.78 is 17.9. The minimum Gasteiger partial charge on any atom is -0.424 e. The van der Waals surface area contributed by atoms with E-state index in [1.54, 1.807) is 6.92 Å². The second kappa shape index (κ2) is 2.82. The smallest absolute Gasteiger partial charge is 0.233 e. The van der Waals surface area contributed by atoms with Gasteiger partial charge in [0.05, 0.1) is 6.04 Å². The number of hydrogen-bond donors (Lipinski definition) is 1. The van der Waals surface area contributed by atoms with Gasteiger partial charge in [0.15, 0.2) is 0 Å². The molecule has 1 aliphatic rings. The highest BCUT2D eigenvalue weighted by Gasteiger charge is 2.28. The summed E-state index contributed by atoms with van der Waals surface area (Å²) in [5.41, 5.74) is 0. The SMILES string of the molecule is Cc1nnc([C@@H]2C[C@H](F)CN2)o1. The molecule has 1 aromatic heterocycles. The van der Waals surface area contributed by atoms with Crippen molar-refractivity contribution >= 4 is 0 Å². The minimum absolute atomic E-state index is 0.0961. The molecule has 0 unspecified atom stereocenters. The van der Waals surface area contributed by atoms with E-state index in [1.807, 2.05) is 0 Å². The Balaban J connectivity index is 2.11. The molecule has 12 heavy (non-hydrogen) atoms. The maximum atomic E-state index is 12.7. The lowest BCUT2D eigenvalue weighted by Gasteiger charge is -2.01. The van der Waals surface area contributed by atoms with Gasteiger partial charge in [0.1, 0.15) is 6.17 Å². The van der Waals surface area contributed by atoms with Gasteiger partial charge in [-0.1, -0.05) is 0 Å². The number of rotatable bonds is 1. The summed E-state index contributed by atoms with van der Waals surface area (Å²) in [5.74, 6) is 1.02. The van der Waals surface area contributed by atoms with Crippen LogP contribution in [0.4, 0.5) is 4.39 Å². The first-order valence-corrected chi connectivity index (χ1v) is 3.93. The third kappa shape index (κ3) is 1.32. The lowest BCUT2D eigenvalue weighted by Crippen LogP contribution is -2.14. The molecular formula is C7H10FN3O. The van der Waals surface area contributed by atoms with E-state index in [9.17, 15) is 4.39 Å². The van der Waals surface area contributed by atoms with Crippen molar-refractivity contribution < 1.29 is 8.81 Å². The highest BCUT2D eigenvalue weighted by Crippen LogP contribution is 2.23. The predicted molar refractivity (Wildman–Crippen MR) is 39.3 cm³/mol. The summed E-state index contributed by atoms with van der Waals surface area (Å²) >= 11 is 0. The van der Waals surface area contributed by atoms with Gasteiger partial charge in [-0.05, 0) is 0 Å². The molecule has 0 amide bonds. The van der Waals surface area contributed by atoms with E-state index < -0.39 is 6.17 Å². The number of hydrogen-bond acceptors (Lipinski definition) is 4. The quantitative estimate of drug-likeness (QED) is 0.677. The Kier molecular flexibility index (Phi) is 1.80. The van der Waals surface area contributed by atoms with Gasteiger partial charge in [-0.2, -0.15) is 0 Å². The molecule has 0 aromatic carbocycles. The largest absolute Gasteiger partial charge is 0.424 e. The number of nitrogens with one attached hydrogen (secondary N) is 1. The number of aromatic nitrogens is 2. The van der Waals surface area contributed by atoms with E-state index in [0.717, 1.165) is 0 Å². The second-order valence-corrected chi connectivity index (χ2v) is 2.95.